The molecule has 0 aliphatic carbocycles. The van der Waals surface area contributed by atoms with Crippen LogP contribution in [0.1, 0.15) is 25.0 Å². The number of carboxylic acid groups (broad SMARTS) is 1. The summed E-state index contributed by atoms with van der Waals surface area (Å²) >= 11 is 1.27. The topological polar surface area (TPSA) is 64.4 Å². The summed E-state index contributed by atoms with van der Waals surface area (Å²) in [4.78, 5) is 12.1. The van der Waals surface area contributed by atoms with Gasteiger partial charge in [0.15, 0.2) is 0 Å². The maximum atomic E-state index is 12.8. The minimum Gasteiger partial charge on any atom is -0.493 e. The third-order valence-corrected chi connectivity index (χ3v) is 6.64. The van der Waals surface area contributed by atoms with Gasteiger partial charge in [-0.05, 0) is 74.0 Å². The van der Waals surface area contributed by atoms with Crippen molar-refractivity contribution in [3.05, 3.63) is 84.1 Å². The maximum absolute atomic E-state index is 12.8. The van der Waals surface area contributed by atoms with Crippen LogP contribution in [-0.4, -0.2) is 32.2 Å². The Hall–Kier alpha value is -3.46. The lowest BCUT2D eigenvalue weighted by atomic mass is 10.1. The SMILES string of the molecule is CC(C)(Sc1ccc(OCCc2cccc3nn(-c4ccc(C(F)(F)F)cc4)cc23)cc1)C(=O)O. The smallest absolute Gasteiger partial charge is 0.416 e. The van der Waals surface area contributed by atoms with Gasteiger partial charge in [0.1, 0.15) is 10.5 Å². The molecule has 0 atom stereocenters. The molecule has 0 unspecified atom stereocenters. The van der Waals surface area contributed by atoms with Crippen LogP contribution in [0.2, 0.25) is 0 Å². The van der Waals surface area contributed by atoms with Gasteiger partial charge in [0.05, 0.1) is 23.4 Å². The number of hydrogen-bond donors (Lipinski definition) is 1. The molecule has 9 heteroatoms. The van der Waals surface area contributed by atoms with E-state index in [0.717, 1.165) is 33.5 Å². The summed E-state index contributed by atoms with van der Waals surface area (Å²) in [6, 6.07) is 17.9. The van der Waals surface area contributed by atoms with E-state index in [1.807, 2.05) is 48.7 Å². The number of halogens is 3. The molecule has 4 rings (SSSR count). The summed E-state index contributed by atoms with van der Waals surface area (Å²) in [6.45, 7) is 3.73. The molecule has 0 saturated carbocycles. The summed E-state index contributed by atoms with van der Waals surface area (Å²) < 4.78 is 45.0. The molecule has 1 aromatic heterocycles. The van der Waals surface area contributed by atoms with E-state index in [-0.39, 0.29) is 0 Å². The summed E-state index contributed by atoms with van der Waals surface area (Å²) in [6.07, 6.45) is -1.96. The molecule has 1 N–H and O–H groups in total. The molecule has 0 fully saturated rings. The van der Waals surface area contributed by atoms with E-state index in [9.17, 15) is 23.1 Å². The number of aromatic nitrogens is 2. The molecule has 0 saturated heterocycles. The van der Waals surface area contributed by atoms with Crippen molar-refractivity contribution >= 4 is 28.6 Å². The maximum Gasteiger partial charge on any atom is 0.416 e. The average molecular weight is 501 g/mol. The van der Waals surface area contributed by atoms with Crippen LogP contribution in [-0.2, 0) is 17.4 Å². The molecule has 4 aromatic rings. The first kappa shape index (κ1) is 24.7. The second-order valence-electron chi connectivity index (χ2n) is 8.46. The molecule has 3 aromatic carbocycles. The number of ether oxygens (including phenoxy) is 1. The van der Waals surface area contributed by atoms with Crippen LogP contribution in [0.15, 0.2) is 77.8 Å². The van der Waals surface area contributed by atoms with Crippen molar-refractivity contribution in [1.29, 1.82) is 0 Å². The molecule has 0 aliphatic rings. The van der Waals surface area contributed by atoms with Gasteiger partial charge >= 0.3 is 12.1 Å². The van der Waals surface area contributed by atoms with E-state index < -0.39 is 22.5 Å². The van der Waals surface area contributed by atoms with E-state index in [2.05, 4.69) is 5.10 Å². The normalized spacial score (nSPS) is 12.1. The van der Waals surface area contributed by atoms with Crippen LogP contribution >= 0.6 is 11.8 Å². The van der Waals surface area contributed by atoms with E-state index >= 15 is 0 Å². The zero-order valence-corrected chi connectivity index (χ0v) is 19.9. The number of fused-ring (bicyclic) bond motifs is 1. The van der Waals surface area contributed by atoms with Crippen molar-refractivity contribution in [2.75, 3.05) is 6.61 Å². The highest BCUT2D eigenvalue weighted by Gasteiger charge is 2.30. The lowest BCUT2D eigenvalue weighted by Gasteiger charge is -2.18. The fraction of sp³-hybridized carbons (Fsp3) is 0.231. The van der Waals surface area contributed by atoms with E-state index in [1.165, 1.54) is 23.9 Å². The Labute approximate surface area is 204 Å². The molecule has 0 radical (unpaired) electrons. The quantitative estimate of drug-likeness (QED) is 0.276. The Balaban J connectivity index is 1.42. The zero-order valence-electron chi connectivity index (χ0n) is 19.0. The van der Waals surface area contributed by atoms with E-state index in [4.69, 9.17) is 4.74 Å². The summed E-state index contributed by atoms with van der Waals surface area (Å²) in [7, 11) is 0. The Morgan fingerprint density at radius 1 is 1.03 bits per heavy atom. The van der Waals surface area contributed by atoms with Crippen molar-refractivity contribution in [3.8, 4) is 11.4 Å². The molecular formula is C26H23F3N2O3S. The number of alkyl halides is 3. The van der Waals surface area contributed by atoms with Crippen LogP contribution in [0, 0.1) is 0 Å². The molecule has 5 nitrogen and oxygen atoms in total. The van der Waals surface area contributed by atoms with Crippen LogP contribution in [0.4, 0.5) is 13.2 Å². The number of rotatable bonds is 8. The second kappa shape index (κ2) is 9.65. The van der Waals surface area contributed by atoms with Crippen molar-refractivity contribution < 1.29 is 27.8 Å². The van der Waals surface area contributed by atoms with Gasteiger partial charge in [-0.1, -0.05) is 12.1 Å². The number of hydrogen-bond acceptors (Lipinski definition) is 4. The van der Waals surface area contributed by atoms with Gasteiger partial charge in [-0.2, -0.15) is 18.3 Å². The fourth-order valence-electron chi connectivity index (χ4n) is 3.48. The predicted octanol–water partition coefficient (Wildman–Crippen LogP) is 6.62. The highest BCUT2D eigenvalue weighted by atomic mass is 32.2. The predicted molar refractivity (Wildman–Crippen MR) is 129 cm³/mol. The fourth-order valence-corrected chi connectivity index (χ4v) is 4.43. The first-order chi connectivity index (χ1) is 16.5. The number of aliphatic carboxylic acids is 1. The number of carboxylic acids is 1. The van der Waals surface area contributed by atoms with E-state index in [0.29, 0.717) is 24.5 Å². The summed E-state index contributed by atoms with van der Waals surface area (Å²) in [5.41, 5.74) is 1.59. The van der Waals surface area contributed by atoms with Crippen LogP contribution in [0.3, 0.4) is 0 Å². The Morgan fingerprint density at radius 3 is 2.34 bits per heavy atom. The average Bonchev–Trinajstić information content (AvgIpc) is 3.25. The number of carbonyl (C=O) groups is 1. The summed E-state index contributed by atoms with van der Waals surface area (Å²) in [5.74, 6) is -0.200. The lowest BCUT2D eigenvalue weighted by Crippen LogP contribution is -2.26. The summed E-state index contributed by atoms with van der Waals surface area (Å²) in [5, 5.41) is 14.7. The minimum absolute atomic E-state index is 0.414. The monoisotopic (exact) mass is 500 g/mol. The number of thioether (sulfide) groups is 1. The van der Waals surface area contributed by atoms with Gasteiger partial charge < -0.3 is 9.84 Å². The third kappa shape index (κ3) is 5.79. The Bertz CT molecular complexity index is 1330. The zero-order chi connectivity index (χ0) is 25.2. The van der Waals surface area contributed by atoms with Gasteiger partial charge in [-0.25, -0.2) is 4.68 Å². The molecule has 0 spiro atoms. The van der Waals surface area contributed by atoms with Crippen molar-refractivity contribution in [3.63, 3.8) is 0 Å². The first-order valence-electron chi connectivity index (χ1n) is 10.8. The highest BCUT2D eigenvalue weighted by Crippen LogP contribution is 2.33. The largest absolute Gasteiger partial charge is 0.493 e. The van der Waals surface area contributed by atoms with Gasteiger partial charge in [0.2, 0.25) is 0 Å². The molecule has 35 heavy (non-hydrogen) atoms. The van der Waals surface area contributed by atoms with Crippen LogP contribution in [0.5, 0.6) is 5.75 Å². The Kier molecular flexibility index (Phi) is 6.80. The van der Waals surface area contributed by atoms with Crippen molar-refractivity contribution in [2.24, 2.45) is 0 Å². The number of benzene rings is 3. The standard InChI is InChI=1S/C26H23F3N2O3S/c1-25(2,24(32)33)35-21-12-10-20(11-13-21)34-15-14-17-4-3-5-23-22(17)16-31(30-23)19-8-6-18(7-9-19)26(27,28)29/h3-13,16H,14-15H2,1-2H3,(H,32,33). The number of nitrogens with zero attached hydrogens (tertiary/aromatic N) is 2. The molecule has 0 amide bonds. The minimum atomic E-state index is -4.38. The lowest BCUT2D eigenvalue weighted by molar-refractivity contribution is -0.139. The van der Waals surface area contributed by atoms with Crippen molar-refractivity contribution in [2.45, 2.75) is 36.1 Å². The van der Waals surface area contributed by atoms with Gasteiger partial charge in [0.25, 0.3) is 0 Å². The molecule has 1 heterocycles. The molecule has 182 valence electrons. The van der Waals surface area contributed by atoms with Gasteiger partial charge in [-0.15, -0.1) is 11.8 Å². The molecule has 0 bridgehead atoms. The third-order valence-electron chi connectivity index (χ3n) is 5.45. The molecular weight excluding hydrogens is 477 g/mol. The first-order valence-corrected chi connectivity index (χ1v) is 11.6. The van der Waals surface area contributed by atoms with Crippen LogP contribution < -0.4 is 4.74 Å². The second-order valence-corrected chi connectivity index (χ2v) is 10.2. The van der Waals surface area contributed by atoms with Gasteiger partial charge in [0, 0.05) is 22.9 Å². The van der Waals surface area contributed by atoms with Gasteiger partial charge in [-0.3, -0.25) is 4.79 Å². The van der Waals surface area contributed by atoms with E-state index in [1.54, 1.807) is 18.5 Å². The van der Waals surface area contributed by atoms with Crippen molar-refractivity contribution in [1.82, 2.24) is 9.78 Å². The Morgan fingerprint density at radius 2 is 1.71 bits per heavy atom. The molecule has 0 aliphatic heterocycles. The van der Waals surface area contributed by atoms with Crippen LogP contribution in [0.25, 0.3) is 16.6 Å². The highest BCUT2D eigenvalue weighted by molar-refractivity contribution is 8.01.